The lowest BCUT2D eigenvalue weighted by Crippen LogP contribution is -2.24. The van der Waals surface area contributed by atoms with Gasteiger partial charge < -0.3 is 15.2 Å². The van der Waals surface area contributed by atoms with Crippen LogP contribution in [0.3, 0.4) is 0 Å². The number of nitrogens with one attached hydrogen (secondary N) is 1. The molecule has 2 N–H and O–H groups in total. The quantitative estimate of drug-likeness (QED) is 0.873. The van der Waals surface area contributed by atoms with Gasteiger partial charge in [-0.2, -0.15) is 0 Å². The number of carboxylic acid groups (broad SMARTS) is 1. The number of aromatic nitrogens is 1. The molecule has 0 unspecified atom stereocenters. The second kappa shape index (κ2) is 6.51. The lowest BCUT2D eigenvalue weighted by atomic mass is 10.2. The number of benzene rings is 1. The van der Waals surface area contributed by atoms with Crippen LogP contribution in [0.25, 0.3) is 0 Å². The fraction of sp³-hybridized carbons (Fsp3) is 0.133. The molecule has 2 aromatic rings. The van der Waals surface area contributed by atoms with Crippen LogP contribution in [0.5, 0.6) is 5.75 Å². The van der Waals surface area contributed by atoms with Crippen LogP contribution in [0, 0.1) is 0 Å². The molecule has 0 bridgehead atoms. The van der Waals surface area contributed by atoms with Gasteiger partial charge in [0.25, 0.3) is 5.91 Å². The number of pyridine rings is 1. The van der Waals surface area contributed by atoms with Crippen molar-refractivity contribution in [1.82, 2.24) is 10.3 Å². The van der Waals surface area contributed by atoms with Crippen molar-refractivity contribution < 1.29 is 19.4 Å². The Bertz CT molecular complexity index is 653. The lowest BCUT2D eigenvalue weighted by Gasteiger charge is -2.06. The third-order valence-electron chi connectivity index (χ3n) is 2.81. The Morgan fingerprint density at radius 2 is 1.81 bits per heavy atom. The number of hydrogen-bond donors (Lipinski definition) is 2. The molecule has 0 atom stereocenters. The van der Waals surface area contributed by atoms with E-state index < -0.39 is 11.9 Å². The lowest BCUT2D eigenvalue weighted by molar-refractivity contribution is 0.0690. The molecule has 1 amide bonds. The van der Waals surface area contributed by atoms with Crippen molar-refractivity contribution in [3.8, 4) is 5.75 Å². The zero-order valence-electron chi connectivity index (χ0n) is 11.4. The fourth-order valence-electron chi connectivity index (χ4n) is 1.70. The van der Waals surface area contributed by atoms with E-state index in [2.05, 4.69) is 10.3 Å². The number of ether oxygens (including phenoxy) is 1. The Balaban J connectivity index is 2.00. The van der Waals surface area contributed by atoms with E-state index in [0.717, 1.165) is 11.3 Å². The third-order valence-corrected chi connectivity index (χ3v) is 2.81. The molecule has 0 aliphatic carbocycles. The molecule has 1 aromatic carbocycles. The molecule has 0 radical (unpaired) electrons. The van der Waals surface area contributed by atoms with Crippen molar-refractivity contribution in [1.29, 1.82) is 0 Å². The number of rotatable bonds is 5. The van der Waals surface area contributed by atoms with E-state index in [1.165, 1.54) is 18.2 Å². The maximum Gasteiger partial charge on any atom is 0.354 e. The Morgan fingerprint density at radius 1 is 1.14 bits per heavy atom. The van der Waals surface area contributed by atoms with Gasteiger partial charge in [0.05, 0.1) is 7.11 Å². The Hall–Kier alpha value is -2.89. The summed E-state index contributed by atoms with van der Waals surface area (Å²) in [4.78, 5) is 26.5. The van der Waals surface area contributed by atoms with Crippen LogP contribution in [-0.2, 0) is 6.54 Å². The van der Waals surface area contributed by atoms with E-state index >= 15 is 0 Å². The molecule has 0 aliphatic rings. The van der Waals surface area contributed by atoms with Crippen molar-refractivity contribution in [2.24, 2.45) is 0 Å². The molecule has 6 nitrogen and oxygen atoms in total. The number of carbonyl (C=O) groups excluding carboxylic acids is 1. The summed E-state index contributed by atoms with van der Waals surface area (Å²) >= 11 is 0. The first-order chi connectivity index (χ1) is 10.1. The second-order valence-corrected chi connectivity index (χ2v) is 4.24. The molecule has 0 fully saturated rings. The van der Waals surface area contributed by atoms with Gasteiger partial charge in [0.1, 0.15) is 17.1 Å². The van der Waals surface area contributed by atoms with E-state index in [0.29, 0.717) is 6.54 Å². The first-order valence-corrected chi connectivity index (χ1v) is 6.21. The van der Waals surface area contributed by atoms with Crippen LogP contribution in [0.2, 0.25) is 0 Å². The van der Waals surface area contributed by atoms with Gasteiger partial charge in [0, 0.05) is 6.54 Å². The smallest absolute Gasteiger partial charge is 0.354 e. The molecule has 0 spiro atoms. The second-order valence-electron chi connectivity index (χ2n) is 4.24. The number of carboxylic acids is 1. The van der Waals surface area contributed by atoms with Crippen molar-refractivity contribution >= 4 is 11.9 Å². The largest absolute Gasteiger partial charge is 0.497 e. The predicted molar refractivity (Wildman–Crippen MR) is 75.4 cm³/mol. The van der Waals surface area contributed by atoms with E-state index in [9.17, 15) is 9.59 Å². The summed E-state index contributed by atoms with van der Waals surface area (Å²) in [6, 6.07) is 11.5. The Labute approximate surface area is 121 Å². The van der Waals surface area contributed by atoms with Crippen molar-refractivity contribution in [2.75, 3.05) is 7.11 Å². The average molecular weight is 286 g/mol. The van der Waals surface area contributed by atoms with Gasteiger partial charge in [-0.25, -0.2) is 9.78 Å². The summed E-state index contributed by atoms with van der Waals surface area (Å²) in [6.07, 6.45) is 0. The van der Waals surface area contributed by atoms with Crippen LogP contribution in [0.4, 0.5) is 0 Å². The van der Waals surface area contributed by atoms with Crippen molar-refractivity contribution in [3.05, 3.63) is 59.4 Å². The monoisotopic (exact) mass is 286 g/mol. The highest BCUT2D eigenvalue weighted by Crippen LogP contribution is 2.11. The fourth-order valence-corrected chi connectivity index (χ4v) is 1.70. The normalized spacial score (nSPS) is 9.95. The molecule has 1 heterocycles. The number of carbonyl (C=O) groups is 2. The highest BCUT2D eigenvalue weighted by atomic mass is 16.5. The van der Waals surface area contributed by atoms with E-state index in [1.807, 2.05) is 12.1 Å². The minimum absolute atomic E-state index is 0.0726. The molecule has 0 aliphatic heterocycles. The summed E-state index contributed by atoms with van der Waals surface area (Å²) in [5.74, 6) is -0.852. The molecule has 1 aromatic heterocycles. The van der Waals surface area contributed by atoms with Crippen LogP contribution < -0.4 is 10.1 Å². The third kappa shape index (κ3) is 3.79. The first kappa shape index (κ1) is 14.5. The molecule has 0 saturated heterocycles. The van der Waals surface area contributed by atoms with E-state index in [4.69, 9.17) is 9.84 Å². The number of aromatic carboxylic acids is 1. The van der Waals surface area contributed by atoms with Gasteiger partial charge >= 0.3 is 5.97 Å². The summed E-state index contributed by atoms with van der Waals surface area (Å²) in [6.45, 7) is 0.321. The standard InChI is InChI=1S/C15H14N2O4/c1-21-11-7-5-10(6-8-11)9-16-14(18)12-3-2-4-13(17-12)15(19)20/h2-8H,9H2,1H3,(H,16,18)(H,19,20). The number of hydrogen-bond acceptors (Lipinski definition) is 4. The average Bonchev–Trinajstić information content (AvgIpc) is 2.53. The van der Waals surface area contributed by atoms with E-state index in [-0.39, 0.29) is 11.4 Å². The Morgan fingerprint density at radius 3 is 2.43 bits per heavy atom. The molecular weight excluding hydrogens is 272 g/mol. The highest BCUT2D eigenvalue weighted by molar-refractivity contribution is 5.94. The van der Waals surface area contributed by atoms with Crippen LogP contribution >= 0.6 is 0 Å². The molecule has 6 heteroatoms. The zero-order chi connectivity index (χ0) is 15.2. The summed E-state index contributed by atoms with van der Waals surface area (Å²) in [5, 5.41) is 11.5. The van der Waals surface area contributed by atoms with Gasteiger partial charge in [-0.3, -0.25) is 4.79 Å². The number of methoxy groups -OCH3 is 1. The van der Waals surface area contributed by atoms with Crippen LogP contribution in [0.15, 0.2) is 42.5 Å². The van der Waals surface area contributed by atoms with Gasteiger partial charge in [-0.1, -0.05) is 18.2 Å². The highest BCUT2D eigenvalue weighted by Gasteiger charge is 2.10. The van der Waals surface area contributed by atoms with E-state index in [1.54, 1.807) is 19.2 Å². The van der Waals surface area contributed by atoms with Crippen LogP contribution in [-0.4, -0.2) is 29.1 Å². The van der Waals surface area contributed by atoms with Crippen molar-refractivity contribution in [3.63, 3.8) is 0 Å². The number of amides is 1. The zero-order valence-corrected chi connectivity index (χ0v) is 11.4. The van der Waals surface area contributed by atoms with Gasteiger partial charge in [-0.05, 0) is 29.8 Å². The summed E-state index contributed by atoms with van der Waals surface area (Å²) < 4.78 is 5.05. The molecular formula is C15H14N2O4. The van der Waals surface area contributed by atoms with Crippen molar-refractivity contribution in [2.45, 2.75) is 6.54 Å². The predicted octanol–water partition coefficient (Wildman–Crippen LogP) is 1.72. The topological polar surface area (TPSA) is 88.5 Å². The summed E-state index contributed by atoms with van der Waals surface area (Å²) in [5.41, 5.74) is 0.814. The minimum Gasteiger partial charge on any atom is -0.497 e. The van der Waals surface area contributed by atoms with Crippen LogP contribution in [0.1, 0.15) is 26.5 Å². The summed E-state index contributed by atoms with van der Waals surface area (Å²) in [7, 11) is 1.58. The first-order valence-electron chi connectivity index (χ1n) is 6.21. The van der Waals surface area contributed by atoms with Gasteiger partial charge in [-0.15, -0.1) is 0 Å². The Kier molecular flexibility index (Phi) is 4.50. The van der Waals surface area contributed by atoms with Gasteiger partial charge in [0.15, 0.2) is 0 Å². The molecule has 108 valence electrons. The molecule has 21 heavy (non-hydrogen) atoms. The molecule has 0 saturated carbocycles. The maximum absolute atomic E-state index is 11.9. The SMILES string of the molecule is COc1ccc(CNC(=O)c2cccc(C(=O)O)n2)cc1. The molecule has 2 rings (SSSR count). The number of nitrogens with zero attached hydrogens (tertiary/aromatic N) is 1. The minimum atomic E-state index is -1.17. The maximum atomic E-state index is 11.9. The van der Waals surface area contributed by atoms with Gasteiger partial charge in [0.2, 0.25) is 0 Å².